The molecule has 1 heterocycles. The zero-order valence-corrected chi connectivity index (χ0v) is 11.5. The van der Waals surface area contributed by atoms with Crippen LogP contribution in [-0.4, -0.2) is 20.7 Å². The summed E-state index contributed by atoms with van der Waals surface area (Å²) < 4.78 is 1.64. The highest BCUT2D eigenvalue weighted by atomic mass is 16.1. The van der Waals surface area contributed by atoms with Crippen molar-refractivity contribution in [2.24, 2.45) is 0 Å². The molecule has 0 aliphatic heterocycles. The Kier molecular flexibility index (Phi) is 3.47. The van der Waals surface area contributed by atoms with E-state index in [-0.39, 0.29) is 5.91 Å². The van der Waals surface area contributed by atoms with Gasteiger partial charge in [0.25, 0.3) is 5.91 Å². The Balaban J connectivity index is 1.74. The van der Waals surface area contributed by atoms with Crippen LogP contribution in [0.25, 0.3) is 5.69 Å². The summed E-state index contributed by atoms with van der Waals surface area (Å²) in [6.07, 6.45) is 3.08. The van der Waals surface area contributed by atoms with Crippen molar-refractivity contribution in [2.45, 2.75) is 6.92 Å². The SMILES string of the molecule is Cc1ccc(NC(=O)c2ccc(-n3cncn3)cc2)cc1. The molecule has 104 valence electrons. The predicted octanol–water partition coefficient (Wildman–Crippen LogP) is 2.83. The maximum atomic E-state index is 12.2. The molecule has 0 saturated heterocycles. The van der Waals surface area contributed by atoms with Crippen molar-refractivity contribution in [1.29, 1.82) is 0 Å². The molecular formula is C16H14N4O. The highest BCUT2D eigenvalue weighted by molar-refractivity contribution is 6.04. The monoisotopic (exact) mass is 278 g/mol. The van der Waals surface area contributed by atoms with E-state index < -0.39 is 0 Å². The average molecular weight is 278 g/mol. The van der Waals surface area contributed by atoms with Crippen LogP contribution in [0.4, 0.5) is 5.69 Å². The van der Waals surface area contributed by atoms with Crippen molar-refractivity contribution in [3.8, 4) is 5.69 Å². The Morgan fingerprint density at radius 2 is 1.76 bits per heavy atom. The number of hydrogen-bond acceptors (Lipinski definition) is 3. The first kappa shape index (κ1) is 13.1. The van der Waals surface area contributed by atoms with Crippen LogP contribution in [0.15, 0.2) is 61.2 Å². The smallest absolute Gasteiger partial charge is 0.255 e. The molecule has 1 aromatic heterocycles. The number of hydrogen-bond donors (Lipinski definition) is 1. The van der Waals surface area contributed by atoms with Crippen molar-refractivity contribution in [2.75, 3.05) is 5.32 Å². The fourth-order valence-electron chi connectivity index (χ4n) is 1.95. The fourth-order valence-corrected chi connectivity index (χ4v) is 1.95. The van der Waals surface area contributed by atoms with Gasteiger partial charge in [-0.05, 0) is 43.3 Å². The lowest BCUT2D eigenvalue weighted by atomic mass is 10.2. The number of aryl methyl sites for hydroxylation is 1. The summed E-state index contributed by atoms with van der Waals surface area (Å²) in [4.78, 5) is 16.0. The summed E-state index contributed by atoms with van der Waals surface area (Å²) in [5, 5.41) is 6.91. The van der Waals surface area contributed by atoms with Crippen LogP contribution < -0.4 is 5.32 Å². The third kappa shape index (κ3) is 2.97. The molecule has 0 saturated carbocycles. The van der Waals surface area contributed by atoms with E-state index >= 15 is 0 Å². The van der Waals surface area contributed by atoms with E-state index in [2.05, 4.69) is 15.4 Å². The molecule has 0 atom stereocenters. The Morgan fingerprint density at radius 3 is 2.38 bits per heavy atom. The molecular weight excluding hydrogens is 264 g/mol. The van der Waals surface area contributed by atoms with Crippen LogP contribution in [0.3, 0.4) is 0 Å². The number of amides is 1. The van der Waals surface area contributed by atoms with Gasteiger partial charge in [-0.3, -0.25) is 4.79 Å². The van der Waals surface area contributed by atoms with E-state index in [4.69, 9.17) is 0 Å². The number of benzene rings is 2. The van der Waals surface area contributed by atoms with Crippen LogP contribution in [-0.2, 0) is 0 Å². The highest BCUT2D eigenvalue weighted by Gasteiger charge is 2.06. The van der Waals surface area contributed by atoms with Gasteiger partial charge in [0.1, 0.15) is 12.7 Å². The molecule has 0 radical (unpaired) electrons. The average Bonchev–Trinajstić information content (AvgIpc) is 3.04. The second-order valence-electron chi connectivity index (χ2n) is 4.71. The third-order valence-corrected chi connectivity index (χ3v) is 3.12. The van der Waals surface area contributed by atoms with Gasteiger partial charge in [-0.25, -0.2) is 9.67 Å². The van der Waals surface area contributed by atoms with Gasteiger partial charge in [-0.15, -0.1) is 0 Å². The molecule has 0 fully saturated rings. The van der Waals surface area contributed by atoms with Gasteiger partial charge in [0.2, 0.25) is 0 Å². The van der Waals surface area contributed by atoms with Crippen LogP contribution in [0, 0.1) is 6.92 Å². The maximum Gasteiger partial charge on any atom is 0.255 e. The topological polar surface area (TPSA) is 59.8 Å². The lowest BCUT2D eigenvalue weighted by Gasteiger charge is -2.06. The maximum absolute atomic E-state index is 12.2. The molecule has 21 heavy (non-hydrogen) atoms. The first-order valence-corrected chi connectivity index (χ1v) is 6.55. The van der Waals surface area contributed by atoms with E-state index in [0.717, 1.165) is 16.9 Å². The van der Waals surface area contributed by atoms with Gasteiger partial charge in [-0.1, -0.05) is 17.7 Å². The number of nitrogens with zero attached hydrogens (tertiary/aromatic N) is 3. The van der Waals surface area contributed by atoms with E-state index in [1.807, 2.05) is 43.3 Å². The standard InChI is InChI=1S/C16H14N4O/c1-12-2-6-14(7-3-12)19-16(21)13-4-8-15(9-5-13)20-11-17-10-18-20/h2-11H,1H3,(H,19,21). The minimum atomic E-state index is -0.135. The number of rotatable bonds is 3. The largest absolute Gasteiger partial charge is 0.322 e. The van der Waals surface area contributed by atoms with Crippen LogP contribution in [0.2, 0.25) is 0 Å². The lowest BCUT2D eigenvalue weighted by molar-refractivity contribution is 0.102. The zero-order chi connectivity index (χ0) is 14.7. The number of carbonyl (C=O) groups excluding carboxylic acids is 1. The van der Waals surface area contributed by atoms with Crippen LogP contribution in [0.1, 0.15) is 15.9 Å². The Morgan fingerprint density at radius 1 is 1.05 bits per heavy atom. The molecule has 0 aliphatic rings. The van der Waals surface area contributed by atoms with Crippen molar-refractivity contribution in [1.82, 2.24) is 14.8 Å². The fraction of sp³-hybridized carbons (Fsp3) is 0.0625. The zero-order valence-electron chi connectivity index (χ0n) is 11.5. The van der Waals surface area contributed by atoms with Crippen molar-refractivity contribution >= 4 is 11.6 Å². The predicted molar refractivity (Wildman–Crippen MR) is 80.5 cm³/mol. The molecule has 0 bridgehead atoms. The number of carbonyl (C=O) groups is 1. The molecule has 3 rings (SSSR count). The van der Waals surface area contributed by atoms with Gasteiger partial charge in [0, 0.05) is 11.3 Å². The van der Waals surface area contributed by atoms with E-state index in [9.17, 15) is 4.79 Å². The molecule has 1 amide bonds. The Labute approximate surface area is 122 Å². The molecule has 2 aromatic carbocycles. The molecule has 5 nitrogen and oxygen atoms in total. The Bertz CT molecular complexity index is 731. The molecule has 1 N–H and O–H groups in total. The van der Waals surface area contributed by atoms with E-state index in [1.54, 1.807) is 23.1 Å². The summed E-state index contributed by atoms with van der Waals surface area (Å²) >= 11 is 0. The van der Waals surface area contributed by atoms with Gasteiger partial charge in [-0.2, -0.15) is 5.10 Å². The molecule has 0 spiro atoms. The second kappa shape index (κ2) is 5.58. The van der Waals surface area contributed by atoms with Gasteiger partial charge in [0.05, 0.1) is 5.69 Å². The first-order valence-electron chi connectivity index (χ1n) is 6.55. The molecule has 0 aliphatic carbocycles. The number of aromatic nitrogens is 3. The molecule has 5 heteroatoms. The highest BCUT2D eigenvalue weighted by Crippen LogP contribution is 2.12. The van der Waals surface area contributed by atoms with Crippen molar-refractivity contribution in [3.63, 3.8) is 0 Å². The summed E-state index contributed by atoms with van der Waals surface area (Å²) in [7, 11) is 0. The Hall–Kier alpha value is -2.95. The van der Waals surface area contributed by atoms with Crippen molar-refractivity contribution < 1.29 is 4.79 Å². The first-order chi connectivity index (χ1) is 10.2. The van der Waals surface area contributed by atoms with Gasteiger partial charge in [0.15, 0.2) is 0 Å². The number of nitrogens with one attached hydrogen (secondary N) is 1. The summed E-state index contributed by atoms with van der Waals surface area (Å²) in [6, 6.07) is 14.9. The summed E-state index contributed by atoms with van der Waals surface area (Å²) in [5.41, 5.74) is 3.40. The third-order valence-electron chi connectivity index (χ3n) is 3.12. The molecule has 3 aromatic rings. The summed E-state index contributed by atoms with van der Waals surface area (Å²) in [6.45, 7) is 2.01. The summed E-state index contributed by atoms with van der Waals surface area (Å²) in [5.74, 6) is -0.135. The van der Waals surface area contributed by atoms with Crippen LogP contribution >= 0.6 is 0 Å². The lowest BCUT2D eigenvalue weighted by Crippen LogP contribution is -2.11. The second-order valence-corrected chi connectivity index (χ2v) is 4.71. The minimum Gasteiger partial charge on any atom is -0.322 e. The van der Waals surface area contributed by atoms with Crippen LogP contribution in [0.5, 0.6) is 0 Å². The minimum absolute atomic E-state index is 0.135. The normalized spacial score (nSPS) is 10.3. The quantitative estimate of drug-likeness (QED) is 0.801. The van der Waals surface area contributed by atoms with Gasteiger partial charge >= 0.3 is 0 Å². The van der Waals surface area contributed by atoms with E-state index in [1.165, 1.54) is 6.33 Å². The number of anilines is 1. The molecule has 0 unspecified atom stereocenters. The van der Waals surface area contributed by atoms with E-state index in [0.29, 0.717) is 5.56 Å². The van der Waals surface area contributed by atoms with Gasteiger partial charge < -0.3 is 5.32 Å². The van der Waals surface area contributed by atoms with Crippen molar-refractivity contribution in [3.05, 3.63) is 72.3 Å².